The van der Waals surface area contributed by atoms with Gasteiger partial charge in [-0.15, -0.1) is 0 Å². The maximum atomic E-state index is 11.0. The molecule has 0 aromatic heterocycles. The number of nitrogens with one attached hydrogen (secondary N) is 2. The van der Waals surface area contributed by atoms with Crippen LogP contribution in [0.2, 0.25) is 0 Å². The zero-order chi connectivity index (χ0) is 13.2. The molecule has 0 saturated heterocycles. The van der Waals surface area contributed by atoms with Crippen LogP contribution in [0.4, 0.5) is 0 Å². The van der Waals surface area contributed by atoms with Gasteiger partial charge in [0.25, 0.3) is 5.91 Å². The van der Waals surface area contributed by atoms with Gasteiger partial charge >= 0.3 is 0 Å². The molecule has 98 valence electrons. The molecule has 5 nitrogen and oxygen atoms in total. The predicted octanol–water partition coefficient (Wildman–Crippen LogP) is -0.332. The summed E-state index contributed by atoms with van der Waals surface area (Å²) in [6, 6.07) is 10.3. The molecule has 3 N–H and O–H groups in total. The van der Waals surface area contributed by atoms with Crippen LogP contribution in [0.15, 0.2) is 35.5 Å². The van der Waals surface area contributed by atoms with Crippen LogP contribution in [0.25, 0.3) is 0 Å². The molecule has 0 bridgehead atoms. The molecule has 0 saturated carbocycles. The van der Waals surface area contributed by atoms with Crippen LogP contribution < -0.4 is 10.2 Å². The first-order chi connectivity index (χ1) is 8.72. The molecule has 1 amide bonds. The largest absolute Gasteiger partial charge is 0.411 e. The molecule has 1 rings (SSSR count). The first kappa shape index (κ1) is 14.2. The molecule has 1 unspecified atom stereocenters. The van der Waals surface area contributed by atoms with Crippen molar-refractivity contribution in [3.63, 3.8) is 0 Å². The number of nitrogens with zero attached hydrogens (tertiary/aromatic N) is 1. The van der Waals surface area contributed by atoms with Gasteiger partial charge in [0.2, 0.25) is 0 Å². The lowest BCUT2D eigenvalue weighted by atomic mass is 10.2. The molecule has 0 radical (unpaired) electrons. The molecule has 0 spiro atoms. The van der Waals surface area contributed by atoms with E-state index in [0.29, 0.717) is 6.54 Å². The third kappa shape index (κ3) is 6.00. The van der Waals surface area contributed by atoms with Gasteiger partial charge in [0.05, 0.1) is 13.6 Å². The van der Waals surface area contributed by atoms with E-state index in [0.717, 1.165) is 25.7 Å². The number of oxime groups is 1. The first-order valence-corrected chi connectivity index (χ1v) is 6.03. The lowest BCUT2D eigenvalue weighted by Gasteiger charge is -2.13. The van der Waals surface area contributed by atoms with E-state index in [4.69, 9.17) is 5.21 Å². The molecular formula is C13H20N3O2+. The fourth-order valence-electron chi connectivity index (χ4n) is 1.73. The van der Waals surface area contributed by atoms with Crippen LogP contribution >= 0.6 is 0 Å². The van der Waals surface area contributed by atoms with Gasteiger partial charge in [0.1, 0.15) is 12.8 Å². The highest BCUT2D eigenvalue weighted by Crippen LogP contribution is 1.94. The Morgan fingerprint density at radius 1 is 1.44 bits per heavy atom. The first-order valence-electron chi connectivity index (χ1n) is 6.03. The number of hydrogen-bond donors (Lipinski definition) is 3. The molecule has 0 aliphatic heterocycles. The highest BCUT2D eigenvalue weighted by atomic mass is 16.4. The van der Waals surface area contributed by atoms with E-state index < -0.39 is 0 Å². The van der Waals surface area contributed by atoms with Crippen LogP contribution in [0.3, 0.4) is 0 Å². The summed E-state index contributed by atoms with van der Waals surface area (Å²) in [7, 11) is 2.13. The molecule has 0 heterocycles. The van der Waals surface area contributed by atoms with Crippen molar-refractivity contribution in [1.29, 1.82) is 0 Å². The van der Waals surface area contributed by atoms with Crippen LogP contribution in [-0.4, -0.2) is 37.5 Å². The lowest BCUT2D eigenvalue weighted by Crippen LogP contribution is -3.07. The predicted molar refractivity (Wildman–Crippen MR) is 69.8 cm³/mol. The van der Waals surface area contributed by atoms with Gasteiger partial charge < -0.3 is 15.4 Å². The van der Waals surface area contributed by atoms with Gasteiger partial charge in [-0.25, -0.2) is 0 Å². The minimum absolute atomic E-state index is 0.363. The van der Waals surface area contributed by atoms with E-state index in [1.807, 2.05) is 18.2 Å². The maximum Gasteiger partial charge on any atom is 0.265 e. The molecule has 5 heteroatoms. The van der Waals surface area contributed by atoms with Gasteiger partial charge in [-0.05, 0) is 0 Å². The average molecular weight is 250 g/mol. The second-order valence-corrected chi connectivity index (χ2v) is 4.26. The number of quaternary nitrogens is 1. The van der Waals surface area contributed by atoms with Crippen molar-refractivity contribution in [2.24, 2.45) is 5.16 Å². The second kappa shape index (κ2) is 8.25. The van der Waals surface area contributed by atoms with Gasteiger partial charge in [-0.3, -0.25) is 4.79 Å². The van der Waals surface area contributed by atoms with E-state index in [1.165, 1.54) is 10.5 Å². The maximum absolute atomic E-state index is 11.0. The highest BCUT2D eigenvalue weighted by molar-refractivity contribution is 6.25. The third-order valence-corrected chi connectivity index (χ3v) is 2.60. The molecule has 18 heavy (non-hydrogen) atoms. The second-order valence-electron chi connectivity index (χ2n) is 4.26. The number of carbonyl (C=O) groups is 1. The van der Waals surface area contributed by atoms with Gasteiger partial charge in [0.15, 0.2) is 0 Å². The Morgan fingerprint density at radius 3 is 2.83 bits per heavy atom. The standard InChI is InChI=1S/C13H19N3O2/c1-16(11-12-6-3-2-4-7-12)9-5-8-14-13(17)10-15-18/h2-4,6-7,10,18H,5,8-9,11H2,1H3,(H,14,17)/p+1/b15-10-. The minimum Gasteiger partial charge on any atom is -0.411 e. The Morgan fingerprint density at radius 2 is 2.17 bits per heavy atom. The Balaban J connectivity index is 2.14. The van der Waals surface area contributed by atoms with Crippen molar-refractivity contribution in [2.75, 3.05) is 20.1 Å². The average Bonchev–Trinajstić information content (AvgIpc) is 2.36. The molecule has 0 aliphatic rings. The van der Waals surface area contributed by atoms with Crippen molar-refractivity contribution in [2.45, 2.75) is 13.0 Å². The summed E-state index contributed by atoms with van der Waals surface area (Å²) >= 11 is 0. The summed E-state index contributed by atoms with van der Waals surface area (Å²) in [6.45, 7) is 2.55. The lowest BCUT2D eigenvalue weighted by molar-refractivity contribution is -0.893. The quantitative estimate of drug-likeness (QED) is 0.268. The zero-order valence-corrected chi connectivity index (χ0v) is 10.6. The minimum atomic E-state index is -0.363. The monoisotopic (exact) mass is 250 g/mol. The Hall–Kier alpha value is -1.88. The van der Waals surface area contributed by atoms with Crippen LogP contribution in [0, 0.1) is 0 Å². The fourth-order valence-corrected chi connectivity index (χ4v) is 1.73. The summed E-state index contributed by atoms with van der Waals surface area (Å²) in [4.78, 5) is 12.3. The Labute approximate surface area is 107 Å². The number of benzene rings is 1. The zero-order valence-electron chi connectivity index (χ0n) is 10.6. The number of amides is 1. The fraction of sp³-hybridized carbons (Fsp3) is 0.385. The van der Waals surface area contributed by atoms with E-state index >= 15 is 0 Å². The summed E-state index contributed by atoms with van der Waals surface area (Å²) < 4.78 is 0. The number of rotatable bonds is 7. The van der Waals surface area contributed by atoms with Gasteiger partial charge in [0, 0.05) is 18.5 Å². The summed E-state index contributed by atoms with van der Waals surface area (Å²) in [5, 5.41) is 13.5. The Bertz CT molecular complexity index is 379. The Kier molecular flexibility index (Phi) is 6.50. The normalized spacial score (nSPS) is 12.5. The molecule has 1 aromatic rings. The molecule has 1 atom stereocenters. The summed E-state index contributed by atoms with van der Waals surface area (Å²) in [6.07, 6.45) is 1.75. The summed E-state index contributed by atoms with van der Waals surface area (Å²) in [5.74, 6) is -0.363. The van der Waals surface area contributed by atoms with Crippen LogP contribution in [-0.2, 0) is 11.3 Å². The van der Waals surface area contributed by atoms with Crippen LogP contribution in [0.1, 0.15) is 12.0 Å². The highest BCUT2D eigenvalue weighted by Gasteiger charge is 2.03. The van der Waals surface area contributed by atoms with Gasteiger partial charge in [-0.1, -0.05) is 35.5 Å². The van der Waals surface area contributed by atoms with Crippen molar-refractivity contribution < 1.29 is 14.9 Å². The van der Waals surface area contributed by atoms with Crippen molar-refractivity contribution in [1.82, 2.24) is 5.32 Å². The molecule has 0 fully saturated rings. The van der Waals surface area contributed by atoms with E-state index in [1.54, 1.807) is 0 Å². The number of hydrogen-bond acceptors (Lipinski definition) is 3. The van der Waals surface area contributed by atoms with Crippen molar-refractivity contribution in [3.05, 3.63) is 35.9 Å². The molecule has 0 aliphatic carbocycles. The topological polar surface area (TPSA) is 66.1 Å². The third-order valence-electron chi connectivity index (χ3n) is 2.60. The van der Waals surface area contributed by atoms with Crippen molar-refractivity contribution in [3.8, 4) is 0 Å². The molecule has 1 aromatic carbocycles. The van der Waals surface area contributed by atoms with E-state index in [-0.39, 0.29) is 5.91 Å². The van der Waals surface area contributed by atoms with E-state index in [9.17, 15) is 4.79 Å². The smallest absolute Gasteiger partial charge is 0.265 e. The van der Waals surface area contributed by atoms with Crippen molar-refractivity contribution >= 4 is 12.1 Å². The van der Waals surface area contributed by atoms with Crippen LogP contribution in [0.5, 0.6) is 0 Å². The number of carbonyl (C=O) groups excluding carboxylic acids is 1. The van der Waals surface area contributed by atoms with Gasteiger partial charge in [-0.2, -0.15) is 0 Å². The molecular weight excluding hydrogens is 230 g/mol. The SMILES string of the molecule is C[NH+](CCCNC(=O)/C=N\O)Cc1ccccc1. The summed E-state index contributed by atoms with van der Waals surface area (Å²) in [5.41, 5.74) is 1.31. The van der Waals surface area contributed by atoms with E-state index in [2.05, 4.69) is 29.7 Å².